The van der Waals surface area contributed by atoms with Gasteiger partial charge in [-0.1, -0.05) is 26.2 Å². The lowest BCUT2D eigenvalue weighted by Gasteiger charge is -2.48. The number of sulfonamides is 1. The van der Waals surface area contributed by atoms with Crippen LogP contribution in [0.5, 0.6) is 0 Å². The molecule has 1 aliphatic carbocycles. The van der Waals surface area contributed by atoms with Crippen molar-refractivity contribution in [3.63, 3.8) is 0 Å². The van der Waals surface area contributed by atoms with Crippen LogP contribution in [0.2, 0.25) is 0 Å². The van der Waals surface area contributed by atoms with Crippen molar-refractivity contribution in [1.82, 2.24) is 14.5 Å². The Hall–Kier alpha value is -0.700. The number of rotatable bonds is 7. The second kappa shape index (κ2) is 9.20. The molecule has 8 heteroatoms. The topological polar surface area (TPSA) is 79.0 Å². The number of hydrogen-bond acceptors (Lipinski definition) is 5. The molecule has 1 N–H and O–H groups in total. The van der Waals surface area contributed by atoms with Crippen molar-refractivity contribution in [2.45, 2.75) is 69.9 Å². The van der Waals surface area contributed by atoms with Crippen molar-refractivity contribution in [3.05, 3.63) is 0 Å². The lowest BCUT2D eigenvalue weighted by molar-refractivity contribution is -0.125. The molecule has 2 heterocycles. The smallest absolute Gasteiger partial charge is 0.238 e. The fourth-order valence-corrected chi connectivity index (χ4v) is 6.68. The second-order valence-electron chi connectivity index (χ2n) is 8.19. The Labute approximate surface area is 163 Å². The summed E-state index contributed by atoms with van der Waals surface area (Å²) in [6.07, 6.45) is 7.78. The van der Waals surface area contributed by atoms with Crippen LogP contribution in [0.15, 0.2) is 0 Å². The van der Waals surface area contributed by atoms with Gasteiger partial charge in [0.2, 0.25) is 15.9 Å². The molecule has 3 aliphatic rings. The molecule has 1 atom stereocenters. The average Bonchev–Trinajstić information content (AvgIpc) is 3.19. The van der Waals surface area contributed by atoms with E-state index in [4.69, 9.17) is 4.74 Å². The summed E-state index contributed by atoms with van der Waals surface area (Å²) in [7, 11) is -3.34. The summed E-state index contributed by atoms with van der Waals surface area (Å²) < 4.78 is 31.9. The summed E-state index contributed by atoms with van der Waals surface area (Å²) in [5, 5.41) is 3.15. The number of carbonyl (C=O) groups is 1. The third-order valence-electron chi connectivity index (χ3n) is 6.38. The number of ether oxygens (including phenoxy) is 1. The third kappa shape index (κ3) is 4.83. The molecule has 0 bridgehead atoms. The van der Waals surface area contributed by atoms with Gasteiger partial charge >= 0.3 is 0 Å². The standard InChI is InChI=1S/C19H35N3O4S/c1-2-15-27(24,25)22-10-6-7-17(22)18(23)20-16-19(8-4-3-5-9-19)21-11-13-26-14-12-21/h17H,2-16H2,1H3,(H,20,23). The van der Waals surface area contributed by atoms with Crippen molar-refractivity contribution in [3.8, 4) is 0 Å². The Bertz CT molecular complexity index is 598. The van der Waals surface area contributed by atoms with Gasteiger partial charge in [-0.25, -0.2) is 8.42 Å². The molecule has 0 aromatic rings. The third-order valence-corrected chi connectivity index (χ3v) is 8.46. The van der Waals surface area contributed by atoms with Crippen LogP contribution in [-0.4, -0.2) is 80.3 Å². The Morgan fingerprint density at radius 1 is 1.11 bits per heavy atom. The maximum Gasteiger partial charge on any atom is 0.238 e. The monoisotopic (exact) mass is 401 g/mol. The Balaban J connectivity index is 1.65. The molecule has 1 amide bonds. The van der Waals surface area contributed by atoms with Gasteiger partial charge in [-0.15, -0.1) is 0 Å². The summed E-state index contributed by atoms with van der Waals surface area (Å²) in [6, 6.07) is -0.535. The van der Waals surface area contributed by atoms with E-state index in [1.807, 2.05) is 6.92 Å². The Morgan fingerprint density at radius 3 is 2.48 bits per heavy atom. The molecule has 1 saturated carbocycles. The minimum Gasteiger partial charge on any atom is -0.379 e. The van der Waals surface area contributed by atoms with Crippen molar-refractivity contribution >= 4 is 15.9 Å². The van der Waals surface area contributed by atoms with E-state index in [2.05, 4.69) is 10.2 Å². The first kappa shape index (κ1) is 21.0. The van der Waals surface area contributed by atoms with Crippen LogP contribution in [0.3, 0.4) is 0 Å². The second-order valence-corrected chi connectivity index (χ2v) is 10.2. The summed E-state index contributed by atoms with van der Waals surface area (Å²) in [4.78, 5) is 15.4. The molecule has 0 spiro atoms. The first-order chi connectivity index (χ1) is 13.0. The highest BCUT2D eigenvalue weighted by molar-refractivity contribution is 7.89. The zero-order valence-corrected chi connectivity index (χ0v) is 17.4. The molecule has 0 aromatic carbocycles. The van der Waals surface area contributed by atoms with E-state index in [0.29, 0.717) is 25.9 Å². The number of nitrogens with one attached hydrogen (secondary N) is 1. The Morgan fingerprint density at radius 2 is 1.81 bits per heavy atom. The Kier molecular flexibility index (Phi) is 7.16. The van der Waals surface area contributed by atoms with E-state index in [0.717, 1.165) is 45.6 Å². The molecular weight excluding hydrogens is 366 g/mol. The van der Waals surface area contributed by atoms with Gasteiger partial charge < -0.3 is 10.1 Å². The first-order valence-corrected chi connectivity index (χ1v) is 12.2. The van der Waals surface area contributed by atoms with E-state index < -0.39 is 16.1 Å². The highest BCUT2D eigenvalue weighted by Gasteiger charge is 2.41. The lowest BCUT2D eigenvalue weighted by atomic mass is 9.79. The van der Waals surface area contributed by atoms with Crippen LogP contribution in [-0.2, 0) is 19.6 Å². The molecule has 2 aliphatic heterocycles. The molecule has 2 saturated heterocycles. The van der Waals surface area contributed by atoms with Gasteiger partial charge in [0, 0.05) is 31.7 Å². The highest BCUT2D eigenvalue weighted by atomic mass is 32.2. The molecule has 27 heavy (non-hydrogen) atoms. The van der Waals surface area contributed by atoms with E-state index in [1.54, 1.807) is 0 Å². The maximum absolute atomic E-state index is 12.9. The van der Waals surface area contributed by atoms with Gasteiger partial charge in [0.1, 0.15) is 6.04 Å². The highest BCUT2D eigenvalue weighted by Crippen LogP contribution is 2.34. The van der Waals surface area contributed by atoms with Crippen molar-refractivity contribution < 1.29 is 17.9 Å². The van der Waals surface area contributed by atoms with Gasteiger partial charge in [-0.2, -0.15) is 4.31 Å². The van der Waals surface area contributed by atoms with E-state index in [-0.39, 0.29) is 17.2 Å². The van der Waals surface area contributed by atoms with Crippen LogP contribution in [0.4, 0.5) is 0 Å². The predicted octanol–water partition coefficient (Wildman–Crippen LogP) is 1.34. The summed E-state index contributed by atoms with van der Waals surface area (Å²) >= 11 is 0. The molecule has 156 valence electrons. The average molecular weight is 402 g/mol. The maximum atomic E-state index is 12.9. The van der Waals surface area contributed by atoms with Gasteiger partial charge in [0.05, 0.1) is 19.0 Å². The first-order valence-electron chi connectivity index (χ1n) is 10.6. The molecule has 0 radical (unpaired) electrons. The van der Waals surface area contributed by atoms with Gasteiger partial charge in [-0.05, 0) is 32.1 Å². The van der Waals surface area contributed by atoms with Crippen LogP contribution >= 0.6 is 0 Å². The number of carbonyl (C=O) groups excluding carboxylic acids is 1. The minimum atomic E-state index is -3.34. The van der Waals surface area contributed by atoms with Crippen LogP contribution in [0.1, 0.15) is 58.3 Å². The van der Waals surface area contributed by atoms with Crippen LogP contribution in [0, 0.1) is 0 Å². The molecule has 3 rings (SSSR count). The van der Waals surface area contributed by atoms with E-state index >= 15 is 0 Å². The van der Waals surface area contributed by atoms with E-state index in [1.165, 1.54) is 23.6 Å². The van der Waals surface area contributed by atoms with Gasteiger partial charge in [0.15, 0.2) is 0 Å². The summed E-state index contributed by atoms with van der Waals surface area (Å²) in [5.74, 6) is -0.000474. The number of nitrogens with zero attached hydrogens (tertiary/aromatic N) is 2. The molecule has 1 unspecified atom stereocenters. The summed E-state index contributed by atoms with van der Waals surface area (Å²) in [5.41, 5.74) is 0.00339. The normalized spacial score (nSPS) is 27.5. The van der Waals surface area contributed by atoms with Gasteiger partial charge in [0.25, 0.3) is 0 Å². The fourth-order valence-electron chi connectivity index (χ4n) is 4.93. The van der Waals surface area contributed by atoms with Gasteiger partial charge in [-0.3, -0.25) is 9.69 Å². The number of hydrogen-bond donors (Lipinski definition) is 1. The predicted molar refractivity (Wildman–Crippen MR) is 105 cm³/mol. The van der Waals surface area contributed by atoms with Crippen molar-refractivity contribution in [2.75, 3.05) is 45.1 Å². The van der Waals surface area contributed by atoms with Crippen molar-refractivity contribution in [2.24, 2.45) is 0 Å². The number of morpholine rings is 1. The molecule has 7 nitrogen and oxygen atoms in total. The minimum absolute atomic E-state index is 0.00339. The molecule has 0 aromatic heterocycles. The zero-order chi connectivity index (χ0) is 19.3. The molecule has 3 fully saturated rings. The number of amides is 1. The summed E-state index contributed by atoms with van der Waals surface area (Å²) in [6.45, 7) is 6.27. The van der Waals surface area contributed by atoms with E-state index in [9.17, 15) is 13.2 Å². The van der Waals surface area contributed by atoms with Crippen molar-refractivity contribution in [1.29, 1.82) is 0 Å². The van der Waals surface area contributed by atoms with Crippen LogP contribution in [0.25, 0.3) is 0 Å². The largest absolute Gasteiger partial charge is 0.379 e. The quantitative estimate of drug-likeness (QED) is 0.696. The lowest BCUT2D eigenvalue weighted by Crippen LogP contribution is -2.60. The van der Waals surface area contributed by atoms with Crippen LogP contribution < -0.4 is 5.32 Å². The molecular formula is C19H35N3O4S. The fraction of sp³-hybridized carbons (Fsp3) is 0.947. The zero-order valence-electron chi connectivity index (χ0n) is 16.6. The SMILES string of the molecule is CCCS(=O)(=O)N1CCCC1C(=O)NCC1(N2CCOCC2)CCCCC1.